The number of fused-ring (bicyclic) bond motifs is 3. The normalized spacial score (nSPS) is 22.0. The van der Waals surface area contributed by atoms with Gasteiger partial charge in [0.05, 0.1) is 5.41 Å². The van der Waals surface area contributed by atoms with Crippen LogP contribution in [0.3, 0.4) is 0 Å². The van der Waals surface area contributed by atoms with Crippen molar-refractivity contribution in [3.8, 4) is 11.1 Å². The number of nitrogens with one attached hydrogen (secondary N) is 1. The van der Waals surface area contributed by atoms with Crippen LogP contribution in [0.15, 0.2) is 48.5 Å². The molecule has 0 saturated carbocycles. The molecule has 1 unspecified atom stereocenters. The van der Waals surface area contributed by atoms with E-state index in [2.05, 4.69) is 5.32 Å². The quantitative estimate of drug-likeness (QED) is 0.614. The summed E-state index contributed by atoms with van der Waals surface area (Å²) in [5.41, 5.74) is 2.91. The van der Waals surface area contributed by atoms with Gasteiger partial charge in [0.15, 0.2) is 0 Å². The highest BCUT2D eigenvalue weighted by Gasteiger charge is 2.49. The number of ether oxygens (including phenoxy) is 1. The van der Waals surface area contributed by atoms with Gasteiger partial charge >= 0.3 is 12.1 Å². The lowest BCUT2D eigenvalue weighted by Crippen LogP contribution is -2.49. The molecule has 0 aromatic heterocycles. The van der Waals surface area contributed by atoms with Crippen LogP contribution in [0.5, 0.6) is 0 Å². The molecule has 2 N–H and O–H groups in total. The molecule has 2 aromatic rings. The molecule has 7 nitrogen and oxygen atoms in total. The Morgan fingerprint density at radius 1 is 1.11 bits per heavy atom. The van der Waals surface area contributed by atoms with Crippen molar-refractivity contribution in [2.24, 2.45) is 11.3 Å². The number of hydrogen-bond acceptors (Lipinski definition) is 4. The first kappa shape index (κ1) is 24.6. The van der Waals surface area contributed by atoms with Crippen LogP contribution in [0.2, 0.25) is 0 Å². The lowest BCUT2D eigenvalue weighted by Gasteiger charge is -2.25. The van der Waals surface area contributed by atoms with Crippen molar-refractivity contribution in [2.75, 3.05) is 19.7 Å². The summed E-state index contributed by atoms with van der Waals surface area (Å²) >= 11 is 0. The SMILES string of the molecule is C[C@@H]1CN(C(=O)C(CC(F)F)NC(=O)OCC2c3ccccc3-c3ccccc32)C[C@@]1(C)C(=O)O. The first-order chi connectivity index (χ1) is 16.6. The Bertz CT molecular complexity index is 1090. The van der Waals surface area contributed by atoms with Crippen molar-refractivity contribution in [3.63, 3.8) is 0 Å². The largest absolute Gasteiger partial charge is 0.481 e. The topological polar surface area (TPSA) is 95.9 Å². The second-order valence-corrected chi connectivity index (χ2v) is 9.49. The molecule has 9 heteroatoms. The summed E-state index contributed by atoms with van der Waals surface area (Å²) in [5.74, 6) is -2.38. The van der Waals surface area contributed by atoms with E-state index < -0.39 is 42.3 Å². The molecule has 1 fully saturated rings. The number of carbonyl (C=O) groups excluding carboxylic acids is 2. The molecule has 2 aliphatic rings. The number of carboxylic acids is 1. The van der Waals surface area contributed by atoms with Gasteiger partial charge in [0.2, 0.25) is 12.3 Å². The molecular weight excluding hydrogens is 458 g/mol. The van der Waals surface area contributed by atoms with Gasteiger partial charge < -0.3 is 20.1 Å². The fraction of sp³-hybridized carbons (Fsp3) is 0.423. The van der Waals surface area contributed by atoms with Crippen LogP contribution in [0.4, 0.5) is 13.6 Å². The number of carboxylic acid groups (broad SMARTS) is 1. The Morgan fingerprint density at radius 3 is 2.20 bits per heavy atom. The molecule has 4 rings (SSSR count). The molecule has 1 saturated heterocycles. The van der Waals surface area contributed by atoms with Crippen molar-refractivity contribution in [1.82, 2.24) is 10.2 Å². The second-order valence-electron chi connectivity index (χ2n) is 9.49. The highest BCUT2D eigenvalue weighted by Crippen LogP contribution is 2.44. The zero-order chi connectivity index (χ0) is 25.3. The average molecular weight is 487 g/mol. The number of benzene rings is 2. The highest BCUT2D eigenvalue weighted by atomic mass is 19.3. The summed E-state index contributed by atoms with van der Waals surface area (Å²) in [6.45, 7) is 3.19. The number of amides is 2. The third-order valence-corrected chi connectivity index (χ3v) is 7.25. The number of carbonyl (C=O) groups is 3. The molecule has 1 aliphatic carbocycles. The summed E-state index contributed by atoms with van der Waals surface area (Å²) in [6, 6.07) is 14.0. The number of alkyl halides is 2. The van der Waals surface area contributed by atoms with Crippen LogP contribution in [0, 0.1) is 11.3 Å². The summed E-state index contributed by atoms with van der Waals surface area (Å²) in [4.78, 5) is 38.5. The molecule has 3 atom stereocenters. The van der Waals surface area contributed by atoms with Crippen LogP contribution >= 0.6 is 0 Å². The van der Waals surface area contributed by atoms with Gasteiger partial charge in [0.1, 0.15) is 12.6 Å². The van der Waals surface area contributed by atoms with Crippen molar-refractivity contribution < 1.29 is 33.0 Å². The predicted molar refractivity (Wildman–Crippen MR) is 124 cm³/mol. The maximum Gasteiger partial charge on any atom is 0.407 e. The summed E-state index contributed by atoms with van der Waals surface area (Å²) < 4.78 is 31.9. The number of alkyl carbamates (subject to hydrolysis) is 1. The average Bonchev–Trinajstić information content (AvgIpc) is 3.31. The molecule has 1 aliphatic heterocycles. The molecule has 35 heavy (non-hydrogen) atoms. The van der Waals surface area contributed by atoms with Crippen LogP contribution in [0.25, 0.3) is 11.1 Å². The second kappa shape index (κ2) is 9.64. The Kier molecular flexibility index (Phi) is 6.78. The number of aliphatic carboxylic acids is 1. The first-order valence-electron chi connectivity index (χ1n) is 11.5. The van der Waals surface area contributed by atoms with E-state index in [0.29, 0.717) is 0 Å². The highest BCUT2D eigenvalue weighted by molar-refractivity contribution is 5.87. The molecule has 2 aromatic carbocycles. The van der Waals surface area contributed by atoms with Crippen molar-refractivity contribution in [1.29, 1.82) is 0 Å². The Hall–Kier alpha value is -3.49. The first-order valence-corrected chi connectivity index (χ1v) is 11.5. The lowest BCUT2D eigenvalue weighted by atomic mass is 9.81. The minimum absolute atomic E-state index is 0.0206. The van der Waals surface area contributed by atoms with Crippen LogP contribution < -0.4 is 5.32 Å². The maximum atomic E-state index is 13.2. The zero-order valence-corrected chi connectivity index (χ0v) is 19.5. The number of rotatable bonds is 7. The Labute approximate surface area is 202 Å². The van der Waals surface area contributed by atoms with E-state index in [4.69, 9.17) is 4.74 Å². The van der Waals surface area contributed by atoms with E-state index in [0.717, 1.165) is 22.3 Å². The monoisotopic (exact) mass is 486 g/mol. The van der Waals surface area contributed by atoms with Gasteiger partial charge in [0, 0.05) is 25.4 Å². The van der Waals surface area contributed by atoms with Gasteiger partial charge in [-0.2, -0.15) is 0 Å². The van der Waals surface area contributed by atoms with Crippen molar-refractivity contribution in [3.05, 3.63) is 59.7 Å². The van der Waals surface area contributed by atoms with E-state index in [1.165, 1.54) is 11.8 Å². The Balaban J connectivity index is 1.44. The Morgan fingerprint density at radius 2 is 1.69 bits per heavy atom. The smallest absolute Gasteiger partial charge is 0.407 e. The van der Waals surface area contributed by atoms with Crippen LogP contribution in [0.1, 0.15) is 37.3 Å². The molecule has 2 amide bonds. The third-order valence-electron chi connectivity index (χ3n) is 7.25. The van der Waals surface area contributed by atoms with Gasteiger partial charge in [-0.25, -0.2) is 13.6 Å². The molecule has 186 valence electrons. The number of nitrogens with zero attached hydrogens (tertiary/aromatic N) is 1. The van der Waals surface area contributed by atoms with E-state index in [-0.39, 0.29) is 31.5 Å². The summed E-state index contributed by atoms with van der Waals surface area (Å²) in [7, 11) is 0. The van der Waals surface area contributed by atoms with E-state index in [1.54, 1.807) is 6.92 Å². The molecule has 1 heterocycles. The third kappa shape index (κ3) is 4.72. The molecular formula is C26H28F2N2O5. The lowest BCUT2D eigenvalue weighted by molar-refractivity contribution is -0.149. The van der Waals surface area contributed by atoms with Crippen LogP contribution in [-0.2, 0) is 14.3 Å². The minimum Gasteiger partial charge on any atom is -0.481 e. The number of likely N-dealkylation sites (tertiary alicyclic amines) is 1. The van der Waals surface area contributed by atoms with Gasteiger partial charge in [0.25, 0.3) is 0 Å². The van der Waals surface area contributed by atoms with E-state index in [9.17, 15) is 28.3 Å². The van der Waals surface area contributed by atoms with Gasteiger partial charge in [-0.3, -0.25) is 9.59 Å². The fourth-order valence-electron chi connectivity index (χ4n) is 5.00. The van der Waals surface area contributed by atoms with Gasteiger partial charge in [-0.15, -0.1) is 0 Å². The standard InChI is InChI=1S/C26H28F2N2O5/c1-15-12-30(14-26(15,2)24(32)33)23(31)21(11-22(27)28)29-25(34)35-13-20-18-9-5-3-7-16(18)17-8-4-6-10-19(17)20/h3-10,15,20-22H,11-14H2,1-2H3,(H,29,34)(H,32,33)/t15-,21?,26-/m1/s1. The summed E-state index contributed by atoms with van der Waals surface area (Å²) in [6.07, 6.45) is -4.71. The fourth-order valence-corrected chi connectivity index (χ4v) is 5.00. The minimum atomic E-state index is -2.84. The van der Waals surface area contributed by atoms with Crippen molar-refractivity contribution in [2.45, 2.75) is 38.7 Å². The number of halogens is 2. The molecule has 0 spiro atoms. The number of hydrogen-bond donors (Lipinski definition) is 2. The summed E-state index contributed by atoms with van der Waals surface area (Å²) in [5, 5.41) is 11.8. The van der Waals surface area contributed by atoms with E-state index >= 15 is 0 Å². The van der Waals surface area contributed by atoms with Gasteiger partial charge in [-0.1, -0.05) is 55.5 Å². The molecule has 0 bridgehead atoms. The maximum absolute atomic E-state index is 13.2. The van der Waals surface area contributed by atoms with Crippen molar-refractivity contribution >= 4 is 18.0 Å². The zero-order valence-electron chi connectivity index (χ0n) is 19.5. The van der Waals surface area contributed by atoms with Crippen LogP contribution in [-0.4, -0.2) is 60.1 Å². The molecule has 0 radical (unpaired) electrons. The van der Waals surface area contributed by atoms with Gasteiger partial charge in [-0.05, 0) is 35.1 Å². The van der Waals surface area contributed by atoms with E-state index in [1.807, 2.05) is 48.5 Å². The predicted octanol–water partition coefficient (Wildman–Crippen LogP) is 4.12.